The van der Waals surface area contributed by atoms with Crippen LogP contribution in [0.25, 0.3) is 0 Å². The van der Waals surface area contributed by atoms with Crippen LogP contribution in [0.5, 0.6) is 0 Å². The van der Waals surface area contributed by atoms with Crippen molar-refractivity contribution >= 4 is 0 Å². The predicted octanol–water partition coefficient (Wildman–Crippen LogP) is 4.11. The summed E-state index contributed by atoms with van der Waals surface area (Å²) in [4.78, 5) is 0. The molecule has 0 bridgehead atoms. The van der Waals surface area contributed by atoms with Crippen molar-refractivity contribution in [1.29, 1.82) is 0 Å². The summed E-state index contributed by atoms with van der Waals surface area (Å²) in [5.41, 5.74) is 13.2. The highest BCUT2D eigenvalue weighted by Gasteiger charge is 2.09. The van der Waals surface area contributed by atoms with Gasteiger partial charge < -0.3 is 5.73 Å². The molecule has 0 fully saturated rings. The molecule has 2 rings (SSSR count). The second-order valence-corrected chi connectivity index (χ2v) is 5.87. The van der Waals surface area contributed by atoms with Crippen molar-refractivity contribution in [3.05, 3.63) is 70.3 Å². The molecule has 20 heavy (non-hydrogen) atoms. The fourth-order valence-electron chi connectivity index (χ4n) is 2.89. The van der Waals surface area contributed by atoms with E-state index in [0.29, 0.717) is 0 Å². The third kappa shape index (κ3) is 3.94. The summed E-state index contributed by atoms with van der Waals surface area (Å²) in [6, 6.07) is 15.3. The minimum Gasteiger partial charge on any atom is -0.327 e. The second-order valence-electron chi connectivity index (χ2n) is 5.87. The molecule has 0 aliphatic carbocycles. The van der Waals surface area contributed by atoms with E-state index in [1.165, 1.54) is 27.8 Å². The van der Waals surface area contributed by atoms with E-state index < -0.39 is 0 Å². The Morgan fingerprint density at radius 3 is 2.15 bits per heavy atom. The molecule has 0 radical (unpaired) electrons. The minimum absolute atomic E-state index is 0.232. The SMILES string of the molecule is Cc1cc(C)c(CC(N)CCc2ccccc2)c(C)c1. The Balaban J connectivity index is 1.96. The van der Waals surface area contributed by atoms with Crippen molar-refractivity contribution in [3.63, 3.8) is 0 Å². The van der Waals surface area contributed by atoms with Crippen LogP contribution in [0, 0.1) is 20.8 Å². The van der Waals surface area contributed by atoms with Gasteiger partial charge in [-0.05, 0) is 62.3 Å². The molecular weight excluding hydrogens is 242 g/mol. The maximum Gasteiger partial charge on any atom is 0.00826 e. The maximum absolute atomic E-state index is 6.33. The molecule has 0 amide bonds. The molecule has 0 saturated carbocycles. The molecule has 0 spiro atoms. The Morgan fingerprint density at radius 1 is 0.950 bits per heavy atom. The smallest absolute Gasteiger partial charge is 0.00826 e. The van der Waals surface area contributed by atoms with Crippen LogP contribution in [0.2, 0.25) is 0 Å². The standard InChI is InChI=1S/C19H25N/c1-14-11-15(2)19(16(3)12-14)13-18(20)10-9-17-7-5-4-6-8-17/h4-8,11-12,18H,9-10,13,20H2,1-3H3. The number of nitrogens with two attached hydrogens (primary N) is 1. The zero-order chi connectivity index (χ0) is 14.5. The van der Waals surface area contributed by atoms with Crippen LogP contribution in [-0.4, -0.2) is 6.04 Å². The van der Waals surface area contributed by atoms with Gasteiger partial charge in [0.2, 0.25) is 0 Å². The first-order valence-corrected chi connectivity index (χ1v) is 7.42. The Hall–Kier alpha value is -1.60. The summed E-state index contributed by atoms with van der Waals surface area (Å²) in [6.07, 6.45) is 3.08. The third-order valence-corrected chi connectivity index (χ3v) is 3.95. The molecule has 2 N–H and O–H groups in total. The average molecular weight is 267 g/mol. The summed E-state index contributed by atoms with van der Waals surface area (Å²) in [5, 5.41) is 0. The van der Waals surface area contributed by atoms with Gasteiger partial charge in [0.1, 0.15) is 0 Å². The first kappa shape index (κ1) is 14.8. The van der Waals surface area contributed by atoms with Crippen LogP contribution in [0.15, 0.2) is 42.5 Å². The van der Waals surface area contributed by atoms with Crippen LogP contribution < -0.4 is 5.73 Å². The molecule has 0 aliphatic rings. The maximum atomic E-state index is 6.33. The monoisotopic (exact) mass is 267 g/mol. The van der Waals surface area contributed by atoms with E-state index >= 15 is 0 Å². The summed E-state index contributed by atoms with van der Waals surface area (Å²) >= 11 is 0. The first-order chi connectivity index (χ1) is 9.56. The molecule has 2 aromatic rings. The summed E-state index contributed by atoms with van der Waals surface area (Å²) in [5.74, 6) is 0. The van der Waals surface area contributed by atoms with E-state index in [9.17, 15) is 0 Å². The van der Waals surface area contributed by atoms with Gasteiger partial charge in [0, 0.05) is 6.04 Å². The van der Waals surface area contributed by atoms with Gasteiger partial charge in [-0.25, -0.2) is 0 Å². The molecule has 1 unspecified atom stereocenters. The summed E-state index contributed by atoms with van der Waals surface area (Å²) < 4.78 is 0. The topological polar surface area (TPSA) is 26.0 Å². The summed E-state index contributed by atoms with van der Waals surface area (Å²) in [6.45, 7) is 6.54. The lowest BCUT2D eigenvalue weighted by Gasteiger charge is -2.16. The van der Waals surface area contributed by atoms with Crippen molar-refractivity contribution < 1.29 is 0 Å². The predicted molar refractivity (Wildman–Crippen MR) is 87.1 cm³/mol. The number of hydrogen-bond acceptors (Lipinski definition) is 1. The van der Waals surface area contributed by atoms with Gasteiger partial charge in [0.05, 0.1) is 0 Å². The molecule has 1 atom stereocenters. The quantitative estimate of drug-likeness (QED) is 0.866. The van der Waals surface area contributed by atoms with Crippen LogP contribution in [0.3, 0.4) is 0 Å². The van der Waals surface area contributed by atoms with Gasteiger partial charge in [0.25, 0.3) is 0 Å². The van der Waals surface area contributed by atoms with Crippen molar-refractivity contribution in [1.82, 2.24) is 0 Å². The molecule has 0 saturated heterocycles. The van der Waals surface area contributed by atoms with Gasteiger partial charge in [-0.15, -0.1) is 0 Å². The lowest BCUT2D eigenvalue weighted by atomic mass is 9.92. The van der Waals surface area contributed by atoms with E-state index in [1.54, 1.807) is 0 Å². The Bertz CT molecular complexity index is 534. The molecule has 0 heterocycles. The zero-order valence-corrected chi connectivity index (χ0v) is 12.8. The van der Waals surface area contributed by atoms with Gasteiger partial charge in [0.15, 0.2) is 0 Å². The van der Waals surface area contributed by atoms with E-state index in [-0.39, 0.29) is 6.04 Å². The molecule has 2 aromatic carbocycles. The molecule has 1 nitrogen and oxygen atoms in total. The Kier molecular flexibility index (Phi) is 4.97. The number of aryl methyl sites for hydroxylation is 4. The zero-order valence-electron chi connectivity index (χ0n) is 12.8. The number of rotatable bonds is 5. The van der Waals surface area contributed by atoms with E-state index in [0.717, 1.165) is 19.3 Å². The summed E-state index contributed by atoms with van der Waals surface area (Å²) in [7, 11) is 0. The normalized spacial score (nSPS) is 12.4. The average Bonchev–Trinajstić information content (AvgIpc) is 2.42. The highest BCUT2D eigenvalue weighted by atomic mass is 14.6. The van der Waals surface area contributed by atoms with Gasteiger partial charge in [-0.1, -0.05) is 48.0 Å². The van der Waals surface area contributed by atoms with Crippen LogP contribution in [-0.2, 0) is 12.8 Å². The van der Waals surface area contributed by atoms with Gasteiger partial charge in [-0.3, -0.25) is 0 Å². The van der Waals surface area contributed by atoms with Crippen LogP contribution >= 0.6 is 0 Å². The Labute approximate surface area is 122 Å². The molecule has 1 heteroatoms. The fourth-order valence-corrected chi connectivity index (χ4v) is 2.89. The van der Waals surface area contributed by atoms with Gasteiger partial charge in [-0.2, -0.15) is 0 Å². The van der Waals surface area contributed by atoms with E-state index in [2.05, 4.69) is 63.2 Å². The minimum atomic E-state index is 0.232. The van der Waals surface area contributed by atoms with E-state index in [1.807, 2.05) is 0 Å². The van der Waals surface area contributed by atoms with E-state index in [4.69, 9.17) is 5.73 Å². The number of hydrogen-bond donors (Lipinski definition) is 1. The largest absolute Gasteiger partial charge is 0.327 e. The molecule has 106 valence electrons. The van der Waals surface area contributed by atoms with Crippen molar-refractivity contribution in [3.8, 4) is 0 Å². The first-order valence-electron chi connectivity index (χ1n) is 7.42. The lowest BCUT2D eigenvalue weighted by molar-refractivity contribution is 0.607. The van der Waals surface area contributed by atoms with Crippen molar-refractivity contribution in [2.24, 2.45) is 5.73 Å². The lowest BCUT2D eigenvalue weighted by Crippen LogP contribution is -2.24. The van der Waals surface area contributed by atoms with Crippen molar-refractivity contribution in [2.45, 2.75) is 46.1 Å². The highest BCUT2D eigenvalue weighted by Crippen LogP contribution is 2.19. The third-order valence-electron chi connectivity index (χ3n) is 3.95. The molecule has 0 aromatic heterocycles. The van der Waals surface area contributed by atoms with Gasteiger partial charge >= 0.3 is 0 Å². The Morgan fingerprint density at radius 2 is 1.55 bits per heavy atom. The highest BCUT2D eigenvalue weighted by molar-refractivity contribution is 5.38. The van der Waals surface area contributed by atoms with Crippen LogP contribution in [0.1, 0.15) is 34.2 Å². The molecular formula is C19H25N. The second kappa shape index (κ2) is 6.71. The number of benzene rings is 2. The van der Waals surface area contributed by atoms with Crippen LogP contribution in [0.4, 0.5) is 0 Å². The molecule has 0 aliphatic heterocycles. The van der Waals surface area contributed by atoms with Crippen molar-refractivity contribution in [2.75, 3.05) is 0 Å². The fraction of sp³-hybridized carbons (Fsp3) is 0.368.